The minimum Gasteiger partial charge on any atom is -0.454 e. The number of rotatable bonds is 2. The molecule has 1 spiro atoms. The maximum absolute atomic E-state index is 12.0. The average molecular weight is 1090 g/mol. The molecule has 426 valence electrons. The molecule has 0 saturated carbocycles. The number of allylic oxidation sites excluding steroid dienone is 1. The number of benzene rings is 5. The van der Waals surface area contributed by atoms with Crippen molar-refractivity contribution in [3.05, 3.63) is 153 Å². The fourth-order valence-electron chi connectivity index (χ4n) is 9.59. The summed E-state index contributed by atoms with van der Waals surface area (Å²) < 4.78 is 27.7. The predicted octanol–water partition coefficient (Wildman–Crippen LogP) is 12.6. The van der Waals surface area contributed by atoms with Crippen LogP contribution in [0.2, 0.25) is 0 Å². The van der Waals surface area contributed by atoms with Crippen LogP contribution in [0.15, 0.2) is 125 Å². The first-order chi connectivity index (χ1) is 37.3. The van der Waals surface area contributed by atoms with E-state index < -0.39 is 5.54 Å². The minimum absolute atomic E-state index is 0.0619. The Morgan fingerprint density at radius 3 is 1.62 bits per heavy atom. The fourth-order valence-corrected chi connectivity index (χ4v) is 9.59. The number of hydrogen-bond acceptors (Lipinski definition) is 11. The van der Waals surface area contributed by atoms with E-state index in [-0.39, 0.29) is 59.5 Å². The van der Waals surface area contributed by atoms with Gasteiger partial charge in [-0.3, -0.25) is 29.0 Å². The molecule has 1 aromatic heterocycles. The van der Waals surface area contributed by atoms with Gasteiger partial charge in [0.15, 0.2) is 28.6 Å². The van der Waals surface area contributed by atoms with Gasteiger partial charge in [-0.1, -0.05) is 60.7 Å². The zero-order valence-corrected chi connectivity index (χ0v) is 49.2. The van der Waals surface area contributed by atoms with Crippen LogP contribution in [0.25, 0.3) is 17.0 Å². The number of likely N-dealkylation sites (tertiary alicyclic amines) is 1. The van der Waals surface area contributed by atoms with Crippen LogP contribution in [0.5, 0.6) is 23.0 Å². The largest absolute Gasteiger partial charge is 0.454 e. The normalized spacial score (nSPS) is 15.7. The molecule has 11 rings (SSSR count). The number of aromatic nitrogens is 1. The Hall–Kier alpha value is -7.85. The van der Waals surface area contributed by atoms with Crippen LogP contribution in [0, 0.1) is 0 Å². The number of amides is 5. The molecule has 5 aliphatic rings. The van der Waals surface area contributed by atoms with E-state index in [9.17, 15) is 24.0 Å². The van der Waals surface area contributed by atoms with Gasteiger partial charge in [0.05, 0.1) is 22.1 Å². The molecule has 16 heteroatoms. The lowest BCUT2D eigenvalue weighted by molar-refractivity contribution is 0.0507. The lowest BCUT2D eigenvalue weighted by atomic mass is 9.74. The van der Waals surface area contributed by atoms with Crippen molar-refractivity contribution >= 4 is 46.5 Å². The van der Waals surface area contributed by atoms with Crippen LogP contribution in [0.3, 0.4) is 0 Å². The van der Waals surface area contributed by atoms with E-state index in [1.165, 1.54) is 41.1 Å². The van der Waals surface area contributed by atoms with Gasteiger partial charge in [-0.05, 0) is 196 Å². The van der Waals surface area contributed by atoms with Gasteiger partial charge in [-0.15, -0.1) is 0 Å². The summed E-state index contributed by atoms with van der Waals surface area (Å²) >= 11 is 0. The Morgan fingerprint density at radius 1 is 0.550 bits per heavy atom. The average Bonchev–Trinajstić information content (AvgIpc) is 4.38. The Balaban J connectivity index is 0.000000145. The third-order valence-corrected chi connectivity index (χ3v) is 13.5. The summed E-state index contributed by atoms with van der Waals surface area (Å²) in [5, 5.41) is 9.09. The van der Waals surface area contributed by atoms with E-state index >= 15 is 0 Å². The van der Waals surface area contributed by atoms with Crippen molar-refractivity contribution in [2.75, 3.05) is 32.0 Å². The summed E-state index contributed by atoms with van der Waals surface area (Å²) in [7, 11) is 0. The maximum atomic E-state index is 12.0. The molecular weight excluding hydrogens is 1010 g/mol. The van der Waals surface area contributed by atoms with Gasteiger partial charge in [0.1, 0.15) is 0 Å². The zero-order valence-electron chi connectivity index (χ0n) is 49.2. The number of nitrogens with one attached hydrogen (secondary N) is 3. The van der Waals surface area contributed by atoms with Gasteiger partial charge < -0.3 is 39.4 Å². The molecular formula is C64H80N6O10. The van der Waals surface area contributed by atoms with Crippen LogP contribution in [-0.4, -0.2) is 87.1 Å². The molecule has 0 radical (unpaired) electrons. The summed E-state index contributed by atoms with van der Waals surface area (Å²) in [6.07, 6.45) is 7.30. The second-order valence-corrected chi connectivity index (χ2v) is 25.4. The molecule has 1 saturated heterocycles. The van der Waals surface area contributed by atoms with Crippen LogP contribution < -0.4 is 40.5 Å². The number of carbonyl (C=O) groups is 4. The monoisotopic (exact) mass is 1090 g/mol. The molecule has 5 amide bonds. The summed E-state index contributed by atoms with van der Waals surface area (Å²) in [6.45, 7) is 32.8. The molecule has 3 N–H and O–H groups in total. The number of imide groups is 1. The van der Waals surface area contributed by atoms with E-state index in [1.54, 1.807) is 78.4 Å². The maximum Gasteiger partial charge on any atom is 0.319 e. The van der Waals surface area contributed by atoms with Gasteiger partial charge >= 0.3 is 6.03 Å². The Morgan fingerprint density at radius 2 is 1.07 bits per heavy atom. The predicted molar refractivity (Wildman–Crippen MR) is 314 cm³/mol. The van der Waals surface area contributed by atoms with E-state index in [2.05, 4.69) is 78.0 Å². The Labute approximate surface area is 470 Å². The van der Waals surface area contributed by atoms with E-state index in [4.69, 9.17) is 23.5 Å². The van der Waals surface area contributed by atoms with Crippen molar-refractivity contribution in [1.29, 1.82) is 0 Å². The van der Waals surface area contributed by atoms with Gasteiger partial charge in [0, 0.05) is 44.9 Å². The Kier molecular flexibility index (Phi) is 17.5. The number of urea groups is 1. The first-order valence-corrected chi connectivity index (χ1v) is 27.2. The summed E-state index contributed by atoms with van der Waals surface area (Å²) in [4.78, 5) is 63.2. The van der Waals surface area contributed by atoms with Crippen LogP contribution in [-0.2, 0) is 11.0 Å². The van der Waals surface area contributed by atoms with Crippen LogP contribution in [0.4, 0.5) is 10.5 Å². The van der Waals surface area contributed by atoms with Gasteiger partial charge in [-0.25, -0.2) is 4.79 Å². The molecule has 5 heterocycles. The van der Waals surface area contributed by atoms with Gasteiger partial charge in [0.25, 0.3) is 23.3 Å². The smallest absolute Gasteiger partial charge is 0.319 e. The highest BCUT2D eigenvalue weighted by molar-refractivity contribution is 6.21. The molecule has 4 aliphatic heterocycles. The molecule has 0 bridgehead atoms. The van der Waals surface area contributed by atoms with Crippen LogP contribution in [0.1, 0.15) is 159 Å². The number of ether oxygens (including phenoxy) is 4. The lowest BCUT2D eigenvalue weighted by Crippen LogP contribution is -2.49. The number of hydrogen-bond donors (Lipinski definition) is 3. The SMILES string of the molecule is CC(C)(C)N1C(=O)c2ccccc2C1=O.CC(C)(C)N1CCC2(C=Cc3ccccc32)CC1.CC(C)(C)NC(=O)Nc1ccc2c(c1)OCO2.CC(C)(C)NC(=O)c1ccc2c(c1)OCO2.CC(C)(C)n1oc2ccccc2c1=O. The molecule has 0 unspecified atom stereocenters. The first-order valence-electron chi connectivity index (χ1n) is 27.2. The van der Waals surface area contributed by atoms with E-state index in [0.717, 1.165) is 0 Å². The lowest BCUT2D eigenvalue weighted by Gasteiger charge is -2.45. The van der Waals surface area contributed by atoms with Crippen molar-refractivity contribution in [3.63, 3.8) is 0 Å². The second-order valence-electron chi connectivity index (χ2n) is 25.4. The molecule has 0 atom stereocenters. The Bertz CT molecular complexity index is 3280. The zero-order chi connectivity index (χ0) is 58.6. The van der Waals surface area contributed by atoms with Crippen molar-refractivity contribution in [3.8, 4) is 23.0 Å². The van der Waals surface area contributed by atoms with Crippen molar-refractivity contribution in [2.45, 2.75) is 150 Å². The number of carbonyl (C=O) groups excluding carboxylic acids is 4. The molecule has 5 aromatic carbocycles. The molecule has 6 aromatic rings. The van der Waals surface area contributed by atoms with E-state index in [1.807, 2.05) is 95.2 Å². The molecule has 16 nitrogen and oxygen atoms in total. The van der Waals surface area contributed by atoms with E-state index in [0.29, 0.717) is 67.3 Å². The quantitative estimate of drug-likeness (QED) is 0.140. The molecule has 1 aliphatic carbocycles. The number of nitrogens with zero attached hydrogens (tertiary/aromatic N) is 3. The van der Waals surface area contributed by atoms with Crippen molar-refractivity contribution in [2.24, 2.45) is 0 Å². The minimum atomic E-state index is -0.465. The number of para-hydroxylation sites is 1. The molecule has 80 heavy (non-hydrogen) atoms. The van der Waals surface area contributed by atoms with Crippen molar-refractivity contribution < 1.29 is 42.6 Å². The summed E-state index contributed by atoms with van der Waals surface area (Å²) in [5.74, 6) is 2.18. The number of piperidine rings is 1. The van der Waals surface area contributed by atoms with Crippen molar-refractivity contribution in [1.82, 2.24) is 25.2 Å². The second kappa shape index (κ2) is 23.5. The number of fused-ring (bicyclic) bond motifs is 6. The highest BCUT2D eigenvalue weighted by atomic mass is 16.7. The highest BCUT2D eigenvalue weighted by Gasteiger charge is 2.42. The van der Waals surface area contributed by atoms with Crippen LogP contribution >= 0.6 is 0 Å². The summed E-state index contributed by atoms with van der Waals surface area (Å²) in [5.41, 5.74) is 5.21. The fraction of sp³-hybridized carbons (Fsp3) is 0.422. The number of anilines is 1. The topological polar surface area (TPSA) is 183 Å². The third kappa shape index (κ3) is 14.7. The summed E-state index contributed by atoms with van der Waals surface area (Å²) in [6, 6.07) is 33.3. The first kappa shape index (κ1) is 59.8. The highest BCUT2D eigenvalue weighted by Crippen LogP contribution is 2.44. The standard InChI is InChI=1S/C17H23N.C12H16N2O3.C12H15NO3.C12H13NO2.C11H13NO2/c1-16(2,3)18-12-10-17(11-13-18)9-8-14-6-4-5-7-15(14)17;1-12(2,3)14-11(15)13-8-4-5-9-10(6-8)17-7-16-9;1-12(2,3)13-11(14)8-4-5-9-10(6-8)16-7-15-9;1-12(2,3)13-10(14)8-6-4-5-7-9(8)11(13)15;1-11(2,3)12-10(13)8-6-4-5-7-9(8)14-12/h4-9H,10-13H2,1-3H3;4-6H,7H2,1-3H3,(H2,13,14,15);4-6H,7H2,1-3H3,(H,13,14);4-7H,1-3H3;4-7H,1-3H3. The third-order valence-electron chi connectivity index (χ3n) is 13.5. The molecule has 1 fully saturated rings. The van der Waals surface area contributed by atoms with Gasteiger partial charge in [0.2, 0.25) is 13.6 Å². The van der Waals surface area contributed by atoms with Gasteiger partial charge in [-0.2, -0.15) is 4.74 Å².